The van der Waals surface area contributed by atoms with E-state index in [1.54, 1.807) is 0 Å². The van der Waals surface area contributed by atoms with Gasteiger partial charge in [0.15, 0.2) is 0 Å². The fourth-order valence-electron chi connectivity index (χ4n) is 3.31. The van der Waals surface area contributed by atoms with Crippen LogP contribution in [0.2, 0.25) is 0 Å². The smallest absolute Gasteiger partial charge is 0.0583 e. The van der Waals surface area contributed by atoms with Crippen LogP contribution in [0.25, 0.3) is 0 Å². The molecule has 1 saturated heterocycles. The Hall–Kier alpha value is -0.0800. The standard InChI is InChI=1S/C12H23NO/c1-2-13-9-4-3-7-11(13)10-6-5-8-12(10)14/h10-12,14H,2-9H2,1H3. The van der Waals surface area contributed by atoms with Crippen LogP contribution in [0.5, 0.6) is 0 Å². The van der Waals surface area contributed by atoms with E-state index in [-0.39, 0.29) is 6.10 Å². The zero-order valence-electron chi connectivity index (χ0n) is 9.28. The molecule has 82 valence electrons. The minimum absolute atomic E-state index is 0.00727. The molecule has 2 aliphatic rings. The molecule has 1 saturated carbocycles. The van der Waals surface area contributed by atoms with Crippen molar-refractivity contribution in [3.63, 3.8) is 0 Å². The van der Waals surface area contributed by atoms with Gasteiger partial charge in [0.2, 0.25) is 0 Å². The fourth-order valence-corrected chi connectivity index (χ4v) is 3.31. The van der Waals surface area contributed by atoms with Gasteiger partial charge in [-0.2, -0.15) is 0 Å². The summed E-state index contributed by atoms with van der Waals surface area (Å²) in [5.74, 6) is 0.579. The highest BCUT2D eigenvalue weighted by Crippen LogP contribution is 2.34. The van der Waals surface area contributed by atoms with Crippen LogP contribution in [-0.2, 0) is 0 Å². The van der Waals surface area contributed by atoms with E-state index in [2.05, 4.69) is 11.8 Å². The van der Waals surface area contributed by atoms with Crippen LogP contribution in [0.15, 0.2) is 0 Å². The Balaban J connectivity index is 1.99. The van der Waals surface area contributed by atoms with E-state index < -0.39 is 0 Å². The van der Waals surface area contributed by atoms with Gasteiger partial charge in [-0.3, -0.25) is 0 Å². The second-order valence-electron chi connectivity index (χ2n) is 4.85. The SMILES string of the molecule is CCN1CCCCC1C1CCCC1O. The lowest BCUT2D eigenvalue weighted by Crippen LogP contribution is -2.46. The number of nitrogens with zero attached hydrogens (tertiary/aromatic N) is 1. The lowest BCUT2D eigenvalue weighted by molar-refractivity contribution is 0.0384. The number of hydrogen-bond donors (Lipinski definition) is 1. The third kappa shape index (κ3) is 1.96. The summed E-state index contributed by atoms with van der Waals surface area (Å²) in [7, 11) is 0. The molecule has 1 aliphatic heterocycles. The maximum atomic E-state index is 9.93. The topological polar surface area (TPSA) is 23.5 Å². The molecule has 0 spiro atoms. The minimum Gasteiger partial charge on any atom is -0.393 e. The number of rotatable bonds is 2. The Kier molecular flexibility index (Phi) is 3.45. The van der Waals surface area contributed by atoms with Crippen molar-refractivity contribution in [2.24, 2.45) is 5.92 Å². The number of hydrogen-bond acceptors (Lipinski definition) is 2. The van der Waals surface area contributed by atoms with Crippen molar-refractivity contribution < 1.29 is 5.11 Å². The van der Waals surface area contributed by atoms with E-state index in [1.807, 2.05) is 0 Å². The molecule has 1 heterocycles. The third-order valence-corrected chi connectivity index (χ3v) is 4.10. The normalized spacial score (nSPS) is 40.3. The summed E-state index contributed by atoms with van der Waals surface area (Å²) in [6.45, 7) is 4.66. The predicted molar refractivity (Wildman–Crippen MR) is 58.2 cm³/mol. The lowest BCUT2D eigenvalue weighted by Gasteiger charge is -2.39. The molecule has 3 unspecified atom stereocenters. The van der Waals surface area contributed by atoms with Crippen molar-refractivity contribution in [3.05, 3.63) is 0 Å². The average molecular weight is 197 g/mol. The largest absolute Gasteiger partial charge is 0.393 e. The van der Waals surface area contributed by atoms with Gasteiger partial charge in [0.25, 0.3) is 0 Å². The first-order valence-corrected chi connectivity index (χ1v) is 6.25. The van der Waals surface area contributed by atoms with Crippen LogP contribution in [0.3, 0.4) is 0 Å². The molecule has 0 bridgehead atoms. The predicted octanol–water partition coefficient (Wildman–Crippen LogP) is 2.02. The van der Waals surface area contributed by atoms with E-state index >= 15 is 0 Å². The Bertz CT molecular complexity index is 183. The monoisotopic (exact) mass is 197 g/mol. The summed E-state index contributed by atoms with van der Waals surface area (Å²) >= 11 is 0. The van der Waals surface area contributed by atoms with Crippen LogP contribution in [-0.4, -0.2) is 35.2 Å². The van der Waals surface area contributed by atoms with E-state index in [0.29, 0.717) is 12.0 Å². The first-order chi connectivity index (χ1) is 6.83. The van der Waals surface area contributed by atoms with Crippen LogP contribution in [0, 0.1) is 5.92 Å². The summed E-state index contributed by atoms with van der Waals surface area (Å²) in [6, 6.07) is 0.686. The van der Waals surface area contributed by atoms with E-state index in [4.69, 9.17) is 0 Å². The summed E-state index contributed by atoms with van der Waals surface area (Å²) in [5.41, 5.74) is 0. The quantitative estimate of drug-likeness (QED) is 0.732. The minimum atomic E-state index is -0.00727. The second kappa shape index (κ2) is 4.63. The van der Waals surface area contributed by atoms with Crippen molar-refractivity contribution in [1.29, 1.82) is 0 Å². The molecule has 0 aromatic rings. The van der Waals surface area contributed by atoms with E-state index in [9.17, 15) is 5.11 Å². The molecule has 0 amide bonds. The highest BCUT2D eigenvalue weighted by Gasteiger charge is 2.36. The van der Waals surface area contributed by atoms with E-state index in [0.717, 1.165) is 13.0 Å². The molecule has 2 fully saturated rings. The van der Waals surface area contributed by atoms with E-state index in [1.165, 1.54) is 38.6 Å². The lowest BCUT2D eigenvalue weighted by atomic mass is 9.88. The molecule has 2 heteroatoms. The van der Waals surface area contributed by atoms with Gasteiger partial charge < -0.3 is 10.0 Å². The highest BCUT2D eigenvalue weighted by atomic mass is 16.3. The first kappa shape index (κ1) is 10.4. The summed E-state index contributed by atoms with van der Waals surface area (Å²) in [6.07, 6.45) is 7.56. The van der Waals surface area contributed by atoms with Gasteiger partial charge in [0.1, 0.15) is 0 Å². The Labute approximate surface area is 87.3 Å². The molecule has 0 radical (unpaired) electrons. The Morgan fingerprint density at radius 1 is 1.14 bits per heavy atom. The van der Waals surface area contributed by atoms with Gasteiger partial charge in [-0.25, -0.2) is 0 Å². The average Bonchev–Trinajstić information content (AvgIpc) is 2.64. The van der Waals surface area contributed by atoms with Crippen LogP contribution in [0.1, 0.15) is 45.4 Å². The molecule has 14 heavy (non-hydrogen) atoms. The van der Waals surface area contributed by atoms with Crippen molar-refractivity contribution in [2.75, 3.05) is 13.1 Å². The van der Waals surface area contributed by atoms with Crippen LogP contribution >= 0.6 is 0 Å². The third-order valence-electron chi connectivity index (χ3n) is 4.10. The molecule has 1 aliphatic carbocycles. The molecular weight excluding hydrogens is 174 g/mol. The van der Waals surface area contributed by atoms with Crippen molar-refractivity contribution in [1.82, 2.24) is 4.90 Å². The van der Waals surface area contributed by atoms with Crippen LogP contribution in [0.4, 0.5) is 0 Å². The molecule has 3 atom stereocenters. The summed E-state index contributed by atoms with van der Waals surface area (Å²) in [4.78, 5) is 2.59. The first-order valence-electron chi connectivity index (χ1n) is 6.25. The zero-order chi connectivity index (χ0) is 9.97. The molecule has 2 nitrogen and oxygen atoms in total. The maximum absolute atomic E-state index is 9.93. The highest BCUT2D eigenvalue weighted by molar-refractivity contribution is 4.89. The number of piperidine rings is 1. The Morgan fingerprint density at radius 2 is 2.00 bits per heavy atom. The van der Waals surface area contributed by atoms with Gasteiger partial charge in [0, 0.05) is 12.0 Å². The van der Waals surface area contributed by atoms with Gasteiger partial charge >= 0.3 is 0 Å². The van der Waals surface area contributed by atoms with Crippen molar-refractivity contribution in [3.8, 4) is 0 Å². The number of aliphatic hydroxyl groups excluding tert-OH is 1. The van der Waals surface area contributed by atoms with Gasteiger partial charge in [-0.1, -0.05) is 19.8 Å². The summed E-state index contributed by atoms with van der Waals surface area (Å²) < 4.78 is 0. The summed E-state index contributed by atoms with van der Waals surface area (Å²) in [5, 5.41) is 9.93. The van der Waals surface area contributed by atoms with Crippen molar-refractivity contribution >= 4 is 0 Å². The molecular formula is C12H23NO. The van der Waals surface area contributed by atoms with Crippen molar-refractivity contribution in [2.45, 2.75) is 57.6 Å². The molecule has 0 aromatic heterocycles. The van der Waals surface area contributed by atoms with Crippen LogP contribution < -0.4 is 0 Å². The van der Waals surface area contributed by atoms with Gasteiger partial charge in [-0.05, 0) is 38.8 Å². The Morgan fingerprint density at radius 3 is 2.64 bits per heavy atom. The number of likely N-dealkylation sites (tertiary alicyclic amines) is 1. The molecule has 1 N–H and O–H groups in total. The molecule has 0 aromatic carbocycles. The van der Waals surface area contributed by atoms with Gasteiger partial charge in [-0.15, -0.1) is 0 Å². The van der Waals surface area contributed by atoms with Gasteiger partial charge in [0.05, 0.1) is 6.10 Å². The zero-order valence-corrected chi connectivity index (χ0v) is 9.28. The molecule has 2 rings (SSSR count). The number of aliphatic hydroxyl groups is 1. The second-order valence-corrected chi connectivity index (χ2v) is 4.85. The fraction of sp³-hybridized carbons (Fsp3) is 1.00. The maximum Gasteiger partial charge on any atom is 0.0583 e.